The van der Waals surface area contributed by atoms with Gasteiger partial charge >= 0.3 is 5.97 Å². The molecule has 0 aliphatic carbocycles. The molecule has 0 spiro atoms. The molecule has 3 heteroatoms. The zero-order valence-electron chi connectivity index (χ0n) is 13.7. The van der Waals surface area contributed by atoms with E-state index in [1.807, 2.05) is 24.3 Å². The van der Waals surface area contributed by atoms with E-state index in [9.17, 15) is 4.79 Å². The van der Waals surface area contributed by atoms with Crippen LogP contribution in [0.5, 0.6) is 5.75 Å². The van der Waals surface area contributed by atoms with Crippen molar-refractivity contribution < 1.29 is 14.3 Å². The number of rotatable bonds is 7. The van der Waals surface area contributed by atoms with Gasteiger partial charge in [0.15, 0.2) is 0 Å². The maximum absolute atomic E-state index is 11.3. The first-order valence-electron chi connectivity index (χ1n) is 7.64. The van der Waals surface area contributed by atoms with E-state index in [-0.39, 0.29) is 5.97 Å². The van der Waals surface area contributed by atoms with Crippen LogP contribution < -0.4 is 4.74 Å². The Morgan fingerprint density at radius 3 is 2.78 bits per heavy atom. The van der Waals surface area contributed by atoms with Crippen molar-refractivity contribution >= 4 is 5.97 Å². The van der Waals surface area contributed by atoms with Crippen molar-refractivity contribution in [1.29, 1.82) is 0 Å². The molecule has 2 aromatic rings. The Labute approximate surface area is 137 Å². The quantitative estimate of drug-likeness (QED) is 0.564. The number of carbonyl (C=O) groups is 1. The summed E-state index contributed by atoms with van der Waals surface area (Å²) in [6.45, 7) is 6.22. The minimum Gasteiger partial charge on any atom is -0.489 e. The van der Waals surface area contributed by atoms with Crippen LogP contribution in [0, 0.1) is 6.92 Å². The average Bonchev–Trinajstić information content (AvgIpc) is 2.58. The highest BCUT2D eigenvalue weighted by atomic mass is 16.5. The third-order valence-corrected chi connectivity index (χ3v) is 3.58. The van der Waals surface area contributed by atoms with E-state index in [2.05, 4.69) is 31.7 Å². The number of esters is 1. The van der Waals surface area contributed by atoms with Crippen LogP contribution in [0.15, 0.2) is 55.1 Å². The highest BCUT2D eigenvalue weighted by Crippen LogP contribution is 2.31. The fraction of sp³-hybridized carbons (Fsp3) is 0.250. The van der Waals surface area contributed by atoms with Crippen molar-refractivity contribution in [3.63, 3.8) is 0 Å². The fourth-order valence-corrected chi connectivity index (χ4v) is 2.39. The number of ether oxygens (including phenoxy) is 2. The number of benzene rings is 2. The second-order valence-electron chi connectivity index (χ2n) is 5.38. The Balaban J connectivity index is 2.28. The Morgan fingerprint density at radius 2 is 2.04 bits per heavy atom. The van der Waals surface area contributed by atoms with Crippen LogP contribution in [0.2, 0.25) is 0 Å². The molecule has 0 saturated carbocycles. The van der Waals surface area contributed by atoms with Crippen LogP contribution in [-0.2, 0) is 16.0 Å². The van der Waals surface area contributed by atoms with Gasteiger partial charge in [0.05, 0.1) is 7.11 Å². The van der Waals surface area contributed by atoms with Crippen LogP contribution in [0.1, 0.15) is 17.5 Å². The lowest BCUT2D eigenvalue weighted by Gasteiger charge is -2.12. The van der Waals surface area contributed by atoms with Gasteiger partial charge in [0, 0.05) is 12.0 Å². The summed E-state index contributed by atoms with van der Waals surface area (Å²) < 4.78 is 10.5. The maximum Gasteiger partial charge on any atom is 0.305 e. The Kier molecular flexibility index (Phi) is 5.98. The minimum atomic E-state index is -0.194. The van der Waals surface area contributed by atoms with Crippen molar-refractivity contribution in [1.82, 2.24) is 0 Å². The van der Waals surface area contributed by atoms with Gasteiger partial charge < -0.3 is 9.47 Å². The van der Waals surface area contributed by atoms with Gasteiger partial charge in [-0.15, -0.1) is 0 Å². The summed E-state index contributed by atoms with van der Waals surface area (Å²) in [5, 5.41) is 0. The lowest BCUT2D eigenvalue weighted by Crippen LogP contribution is -2.02. The van der Waals surface area contributed by atoms with Crippen molar-refractivity contribution in [2.75, 3.05) is 13.7 Å². The van der Waals surface area contributed by atoms with E-state index in [0.717, 1.165) is 22.4 Å². The SMILES string of the molecule is C=CCOc1ccc(C)cc1-c1cccc(CCC(=O)OC)c1. The van der Waals surface area contributed by atoms with Crippen LogP contribution >= 0.6 is 0 Å². The largest absolute Gasteiger partial charge is 0.489 e. The molecule has 0 unspecified atom stereocenters. The normalized spacial score (nSPS) is 10.2. The summed E-state index contributed by atoms with van der Waals surface area (Å²) in [5.74, 6) is 0.640. The van der Waals surface area contributed by atoms with E-state index in [1.165, 1.54) is 12.7 Å². The van der Waals surface area contributed by atoms with Gasteiger partial charge in [-0.2, -0.15) is 0 Å². The Morgan fingerprint density at radius 1 is 1.22 bits per heavy atom. The Hall–Kier alpha value is -2.55. The summed E-state index contributed by atoms with van der Waals surface area (Å²) in [7, 11) is 1.41. The van der Waals surface area contributed by atoms with Gasteiger partial charge in [0.1, 0.15) is 12.4 Å². The first-order valence-corrected chi connectivity index (χ1v) is 7.64. The van der Waals surface area contributed by atoms with Crippen LogP contribution in [0.4, 0.5) is 0 Å². The van der Waals surface area contributed by atoms with Crippen molar-refractivity contribution in [2.45, 2.75) is 19.8 Å². The lowest BCUT2D eigenvalue weighted by atomic mass is 9.99. The molecule has 3 nitrogen and oxygen atoms in total. The third kappa shape index (κ3) is 4.71. The van der Waals surface area contributed by atoms with Gasteiger partial charge in [-0.1, -0.05) is 48.6 Å². The second kappa shape index (κ2) is 8.18. The third-order valence-electron chi connectivity index (χ3n) is 3.58. The first-order chi connectivity index (χ1) is 11.1. The topological polar surface area (TPSA) is 35.5 Å². The number of methoxy groups -OCH3 is 1. The predicted octanol–water partition coefficient (Wildman–Crippen LogP) is 4.33. The van der Waals surface area contributed by atoms with Gasteiger partial charge in [0.2, 0.25) is 0 Å². The summed E-state index contributed by atoms with van der Waals surface area (Å²) in [5.41, 5.74) is 4.40. The number of carbonyl (C=O) groups excluding carboxylic acids is 1. The Bertz CT molecular complexity index is 689. The second-order valence-corrected chi connectivity index (χ2v) is 5.38. The molecular weight excluding hydrogens is 288 g/mol. The van der Waals surface area contributed by atoms with Crippen LogP contribution in [0.25, 0.3) is 11.1 Å². The van der Waals surface area contributed by atoms with E-state index < -0.39 is 0 Å². The number of aryl methyl sites for hydroxylation is 2. The fourth-order valence-electron chi connectivity index (χ4n) is 2.39. The summed E-state index contributed by atoms with van der Waals surface area (Å²) in [6.07, 6.45) is 2.78. The molecule has 0 atom stereocenters. The highest BCUT2D eigenvalue weighted by Gasteiger charge is 2.08. The molecular formula is C20H22O3. The zero-order valence-corrected chi connectivity index (χ0v) is 13.7. The summed E-state index contributed by atoms with van der Waals surface area (Å²) >= 11 is 0. The smallest absolute Gasteiger partial charge is 0.305 e. The molecule has 2 aromatic carbocycles. The van der Waals surface area contributed by atoms with E-state index in [4.69, 9.17) is 9.47 Å². The lowest BCUT2D eigenvalue weighted by molar-refractivity contribution is -0.140. The molecule has 0 aliphatic rings. The molecule has 23 heavy (non-hydrogen) atoms. The first kappa shape index (κ1) is 16.8. The maximum atomic E-state index is 11.3. The molecule has 0 heterocycles. The summed E-state index contributed by atoms with van der Waals surface area (Å²) in [6, 6.07) is 14.3. The van der Waals surface area contributed by atoms with Gasteiger partial charge in [-0.3, -0.25) is 4.79 Å². The zero-order chi connectivity index (χ0) is 16.7. The van der Waals surface area contributed by atoms with Crippen molar-refractivity contribution in [3.8, 4) is 16.9 Å². The molecule has 2 rings (SSSR count). The molecule has 0 fully saturated rings. The number of hydrogen-bond acceptors (Lipinski definition) is 3. The van der Waals surface area contributed by atoms with Crippen molar-refractivity contribution in [2.24, 2.45) is 0 Å². The predicted molar refractivity (Wildman–Crippen MR) is 92.6 cm³/mol. The van der Waals surface area contributed by atoms with E-state index >= 15 is 0 Å². The highest BCUT2D eigenvalue weighted by molar-refractivity contribution is 5.72. The molecule has 0 aliphatic heterocycles. The van der Waals surface area contributed by atoms with E-state index in [0.29, 0.717) is 19.4 Å². The molecule has 0 N–H and O–H groups in total. The molecule has 0 radical (unpaired) electrons. The van der Waals surface area contributed by atoms with Gasteiger partial charge in [0.25, 0.3) is 0 Å². The van der Waals surface area contributed by atoms with E-state index in [1.54, 1.807) is 6.08 Å². The van der Waals surface area contributed by atoms with Gasteiger partial charge in [-0.25, -0.2) is 0 Å². The molecule has 0 amide bonds. The molecule has 0 aromatic heterocycles. The van der Waals surface area contributed by atoms with Crippen LogP contribution in [0.3, 0.4) is 0 Å². The average molecular weight is 310 g/mol. The molecule has 120 valence electrons. The summed E-state index contributed by atoms with van der Waals surface area (Å²) in [4.78, 5) is 11.3. The standard InChI is InChI=1S/C20H22O3/c1-4-12-23-19-10-8-15(2)13-18(19)17-7-5-6-16(14-17)9-11-20(21)22-3/h4-8,10,13-14H,1,9,11-12H2,2-3H3. The molecule has 0 saturated heterocycles. The monoisotopic (exact) mass is 310 g/mol. The van der Waals surface area contributed by atoms with Crippen molar-refractivity contribution in [3.05, 3.63) is 66.2 Å². The van der Waals surface area contributed by atoms with Crippen LogP contribution in [-0.4, -0.2) is 19.7 Å². The van der Waals surface area contributed by atoms with Gasteiger partial charge in [-0.05, 0) is 36.6 Å². The number of hydrogen-bond donors (Lipinski definition) is 0. The molecule has 0 bridgehead atoms. The minimum absolute atomic E-state index is 0.194.